The summed E-state index contributed by atoms with van der Waals surface area (Å²) >= 11 is 0. The van der Waals surface area contributed by atoms with Crippen LogP contribution in [0.15, 0.2) is 24.4 Å². The van der Waals surface area contributed by atoms with Gasteiger partial charge in [0.25, 0.3) is 0 Å². The molecule has 0 aliphatic rings. The van der Waals surface area contributed by atoms with Crippen LogP contribution in [0, 0.1) is 5.41 Å². The fourth-order valence-corrected chi connectivity index (χ4v) is 1.41. The molecule has 1 aromatic heterocycles. The molecule has 0 radical (unpaired) electrons. The molecule has 0 saturated carbocycles. The predicted molar refractivity (Wildman–Crippen MR) is 63.5 cm³/mol. The van der Waals surface area contributed by atoms with E-state index in [9.17, 15) is 4.79 Å². The van der Waals surface area contributed by atoms with Crippen molar-refractivity contribution in [1.29, 1.82) is 0 Å². The number of carbonyl (C=O) groups excluding carboxylic acids is 1. The van der Waals surface area contributed by atoms with Gasteiger partial charge in [-0.3, -0.25) is 9.78 Å². The van der Waals surface area contributed by atoms with Crippen LogP contribution in [0.3, 0.4) is 0 Å². The Hall–Kier alpha value is -1.42. The van der Waals surface area contributed by atoms with E-state index in [2.05, 4.69) is 4.98 Å². The molecule has 1 aromatic rings. The lowest BCUT2D eigenvalue weighted by Gasteiger charge is -2.27. The second kappa shape index (κ2) is 5.07. The van der Waals surface area contributed by atoms with Crippen molar-refractivity contribution in [3.05, 3.63) is 30.1 Å². The van der Waals surface area contributed by atoms with E-state index in [-0.39, 0.29) is 5.91 Å². The molecule has 1 amide bonds. The molecule has 0 aromatic carbocycles. The topological polar surface area (TPSA) is 59.2 Å². The van der Waals surface area contributed by atoms with E-state index in [1.807, 2.05) is 32.0 Å². The van der Waals surface area contributed by atoms with Gasteiger partial charge in [0, 0.05) is 19.8 Å². The van der Waals surface area contributed by atoms with Crippen LogP contribution in [0.5, 0.6) is 0 Å². The van der Waals surface area contributed by atoms with Crippen molar-refractivity contribution in [2.75, 3.05) is 13.6 Å². The van der Waals surface area contributed by atoms with Crippen molar-refractivity contribution in [3.63, 3.8) is 0 Å². The van der Waals surface area contributed by atoms with Gasteiger partial charge in [-0.25, -0.2) is 0 Å². The molecule has 0 bridgehead atoms. The lowest BCUT2D eigenvalue weighted by molar-refractivity contribution is -0.139. The maximum Gasteiger partial charge on any atom is 0.229 e. The number of hydrogen-bond acceptors (Lipinski definition) is 3. The van der Waals surface area contributed by atoms with Gasteiger partial charge in [0.1, 0.15) is 0 Å². The first-order chi connectivity index (χ1) is 7.47. The summed E-state index contributed by atoms with van der Waals surface area (Å²) in [6.45, 7) is 4.57. The van der Waals surface area contributed by atoms with Crippen LogP contribution in [0.1, 0.15) is 19.5 Å². The Bertz CT molecular complexity index is 349. The van der Waals surface area contributed by atoms with E-state index < -0.39 is 5.41 Å². The quantitative estimate of drug-likeness (QED) is 0.826. The molecule has 0 saturated heterocycles. The Morgan fingerprint density at radius 3 is 2.69 bits per heavy atom. The van der Waals surface area contributed by atoms with Gasteiger partial charge < -0.3 is 10.6 Å². The van der Waals surface area contributed by atoms with Crippen LogP contribution in [0.25, 0.3) is 0 Å². The highest BCUT2D eigenvalue weighted by Gasteiger charge is 2.28. The molecule has 2 N–H and O–H groups in total. The second-order valence-electron chi connectivity index (χ2n) is 4.57. The number of amides is 1. The molecule has 4 heteroatoms. The minimum absolute atomic E-state index is 0.0423. The van der Waals surface area contributed by atoms with E-state index >= 15 is 0 Å². The molecule has 0 unspecified atom stereocenters. The highest BCUT2D eigenvalue weighted by Crippen LogP contribution is 2.17. The standard InChI is InChI=1S/C12H19N3O/c1-12(2,9-13)11(16)15(3)8-10-6-4-5-7-14-10/h4-7H,8-9,13H2,1-3H3. The first-order valence-electron chi connectivity index (χ1n) is 5.33. The van der Waals surface area contributed by atoms with E-state index in [1.165, 1.54) is 0 Å². The first-order valence-corrected chi connectivity index (χ1v) is 5.33. The third kappa shape index (κ3) is 3.03. The first kappa shape index (κ1) is 12.6. The number of pyridine rings is 1. The van der Waals surface area contributed by atoms with E-state index in [0.29, 0.717) is 13.1 Å². The summed E-state index contributed by atoms with van der Waals surface area (Å²) in [5.41, 5.74) is 5.95. The molecule has 0 atom stereocenters. The van der Waals surface area contributed by atoms with Crippen molar-refractivity contribution in [1.82, 2.24) is 9.88 Å². The van der Waals surface area contributed by atoms with Gasteiger partial charge in [-0.05, 0) is 26.0 Å². The van der Waals surface area contributed by atoms with Gasteiger partial charge in [0.15, 0.2) is 0 Å². The summed E-state index contributed by atoms with van der Waals surface area (Å²) in [4.78, 5) is 17.9. The van der Waals surface area contributed by atoms with Gasteiger partial charge in [-0.2, -0.15) is 0 Å². The molecule has 1 heterocycles. The molecular formula is C12H19N3O. The van der Waals surface area contributed by atoms with Gasteiger partial charge in [0.05, 0.1) is 17.7 Å². The van der Waals surface area contributed by atoms with Crippen LogP contribution in [-0.2, 0) is 11.3 Å². The van der Waals surface area contributed by atoms with Crippen molar-refractivity contribution in [2.24, 2.45) is 11.1 Å². The summed E-state index contributed by atoms with van der Waals surface area (Å²) in [5.74, 6) is 0.0423. The Morgan fingerprint density at radius 1 is 1.50 bits per heavy atom. The number of rotatable bonds is 4. The van der Waals surface area contributed by atoms with Crippen LogP contribution in [-0.4, -0.2) is 29.4 Å². The normalized spacial score (nSPS) is 11.2. The second-order valence-corrected chi connectivity index (χ2v) is 4.57. The van der Waals surface area contributed by atoms with Gasteiger partial charge in [-0.1, -0.05) is 6.07 Å². The number of nitrogens with two attached hydrogens (primary N) is 1. The number of aromatic nitrogens is 1. The van der Waals surface area contributed by atoms with Crippen LogP contribution in [0.2, 0.25) is 0 Å². The Morgan fingerprint density at radius 2 is 2.19 bits per heavy atom. The molecule has 16 heavy (non-hydrogen) atoms. The molecule has 0 fully saturated rings. The maximum atomic E-state index is 12.0. The fourth-order valence-electron chi connectivity index (χ4n) is 1.41. The predicted octanol–water partition coefficient (Wildman–Crippen LogP) is 1.02. The lowest BCUT2D eigenvalue weighted by atomic mass is 9.92. The summed E-state index contributed by atoms with van der Waals surface area (Å²) in [6, 6.07) is 5.67. The molecule has 4 nitrogen and oxygen atoms in total. The van der Waals surface area contributed by atoms with E-state index in [4.69, 9.17) is 5.73 Å². The van der Waals surface area contributed by atoms with Crippen LogP contribution >= 0.6 is 0 Å². The highest BCUT2D eigenvalue weighted by molar-refractivity contribution is 5.81. The molecule has 88 valence electrons. The molecule has 1 rings (SSSR count). The number of nitrogens with zero attached hydrogens (tertiary/aromatic N) is 2. The Balaban J connectivity index is 2.66. The Kier molecular flexibility index (Phi) is 4.01. The third-order valence-corrected chi connectivity index (χ3v) is 2.56. The van der Waals surface area contributed by atoms with Gasteiger partial charge >= 0.3 is 0 Å². The minimum Gasteiger partial charge on any atom is -0.339 e. The number of carbonyl (C=O) groups is 1. The van der Waals surface area contributed by atoms with E-state index in [0.717, 1.165) is 5.69 Å². The van der Waals surface area contributed by atoms with Crippen molar-refractivity contribution < 1.29 is 4.79 Å². The van der Waals surface area contributed by atoms with Crippen molar-refractivity contribution >= 4 is 5.91 Å². The van der Waals surface area contributed by atoms with Gasteiger partial charge in [-0.15, -0.1) is 0 Å². The fraction of sp³-hybridized carbons (Fsp3) is 0.500. The molecular weight excluding hydrogens is 202 g/mol. The third-order valence-electron chi connectivity index (χ3n) is 2.56. The molecule has 0 spiro atoms. The smallest absolute Gasteiger partial charge is 0.229 e. The van der Waals surface area contributed by atoms with Crippen LogP contribution in [0.4, 0.5) is 0 Å². The summed E-state index contributed by atoms with van der Waals surface area (Å²) in [5, 5.41) is 0. The zero-order valence-electron chi connectivity index (χ0n) is 10.1. The SMILES string of the molecule is CN(Cc1ccccn1)C(=O)C(C)(C)CN. The minimum atomic E-state index is -0.510. The van der Waals surface area contributed by atoms with Gasteiger partial charge in [0.2, 0.25) is 5.91 Å². The van der Waals surface area contributed by atoms with Crippen molar-refractivity contribution in [2.45, 2.75) is 20.4 Å². The summed E-state index contributed by atoms with van der Waals surface area (Å²) < 4.78 is 0. The largest absolute Gasteiger partial charge is 0.339 e. The van der Waals surface area contributed by atoms with E-state index in [1.54, 1.807) is 18.1 Å². The zero-order chi connectivity index (χ0) is 12.2. The molecule has 0 aliphatic heterocycles. The monoisotopic (exact) mass is 221 g/mol. The Labute approximate surface area is 96.5 Å². The zero-order valence-corrected chi connectivity index (χ0v) is 10.1. The highest BCUT2D eigenvalue weighted by atomic mass is 16.2. The summed E-state index contributed by atoms with van der Waals surface area (Å²) in [7, 11) is 1.77. The average Bonchev–Trinajstić information content (AvgIpc) is 2.29. The van der Waals surface area contributed by atoms with Crippen molar-refractivity contribution in [3.8, 4) is 0 Å². The average molecular weight is 221 g/mol. The lowest BCUT2D eigenvalue weighted by Crippen LogP contribution is -2.42. The maximum absolute atomic E-state index is 12.0. The summed E-state index contributed by atoms with van der Waals surface area (Å²) in [6.07, 6.45) is 1.72. The van der Waals surface area contributed by atoms with Crippen LogP contribution < -0.4 is 5.73 Å². The molecule has 0 aliphatic carbocycles. The number of hydrogen-bond donors (Lipinski definition) is 1.